The summed E-state index contributed by atoms with van der Waals surface area (Å²) in [5.74, 6) is -0.485. The number of benzene rings is 1. The van der Waals surface area contributed by atoms with Gasteiger partial charge in [-0.15, -0.1) is 0 Å². The van der Waals surface area contributed by atoms with Gasteiger partial charge in [0, 0.05) is 11.1 Å². The van der Waals surface area contributed by atoms with Crippen molar-refractivity contribution in [2.24, 2.45) is 11.8 Å². The molecule has 0 saturated heterocycles. The Bertz CT molecular complexity index is 488. The lowest BCUT2D eigenvalue weighted by Gasteiger charge is -2.28. The highest BCUT2D eigenvalue weighted by Gasteiger charge is 2.38. The Kier molecular flexibility index (Phi) is 1.90. The van der Waals surface area contributed by atoms with Gasteiger partial charge in [0.25, 0.3) is 0 Å². The van der Waals surface area contributed by atoms with Crippen LogP contribution < -0.4 is 0 Å². The number of hydrogen-bond acceptors (Lipinski definition) is 2. The van der Waals surface area contributed by atoms with Gasteiger partial charge in [0.15, 0.2) is 11.6 Å². The topological polar surface area (TPSA) is 34.1 Å². The standard InChI is InChI=1S/C14H10O2/c15-13-9-5-1-2-6-10(9)14(16)12-8-4-3-7-11(12)13/h1-10H. The van der Waals surface area contributed by atoms with Crippen LogP contribution in [0.15, 0.2) is 48.6 Å². The average Bonchev–Trinajstić information content (AvgIpc) is 2.36. The fourth-order valence-corrected chi connectivity index (χ4v) is 2.38. The van der Waals surface area contributed by atoms with E-state index >= 15 is 0 Å². The molecule has 0 aliphatic heterocycles. The van der Waals surface area contributed by atoms with E-state index in [9.17, 15) is 9.59 Å². The number of allylic oxidation sites excluding steroid dienone is 4. The predicted octanol–water partition coefficient (Wildman–Crippen LogP) is 2.42. The molecule has 0 fully saturated rings. The highest BCUT2D eigenvalue weighted by Crippen LogP contribution is 2.33. The van der Waals surface area contributed by atoms with Crippen molar-refractivity contribution in [1.29, 1.82) is 0 Å². The van der Waals surface area contributed by atoms with Crippen LogP contribution in [-0.2, 0) is 0 Å². The van der Waals surface area contributed by atoms with E-state index in [0.717, 1.165) is 0 Å². The normalized spacial score (nSPS) is 26.5. The highest BCUT2D eigenvalue weighted by molar-refractivity contribution is 6.17. The minimum Gasteiger partial charge on any atom is -0.293 e. The zero-order valence-electron chi connectivity index (χ0n) is 8.59. The van der Waals surface area contributed by atoms with Gasteiger partial charge >= 0.3 is 0 Å². The summed E-state index contributed by atoms with van der Waals surface area (Å²) in [6.45, 7) is 0. The monoisotopic (exact) mass is 210 g/mol. The van der Waals surface area contributed by atoms with E-state index in [1.807, 2.05) is 24.3 Å². The molecule has 2 nitrogen and oxygen atoms in total. The summed E-state index contributed by atoms with van der Waals surface area (Å²) in [5, 5.41) is 0. The highest BCUT2D eigenvalue weighted by atomic mass is 16.1. The van der Waals surface area contributed by atoms with Crippen LogP contribution in [0.25, 0.3) is 0 Å². The first-order valence-corrected chi connectivity index (χ1v) is 5.31. The number of Topliss-reactive ketones (excluding diaryl/α,β-unsaturated/α-hetero) is 2. The lowest BCUT2D eigenvalue weighted by molar-refractivity contribution is 0.0801. The quantitative estimate of drug-likeness (QED) is 0.659. The number of hydrogen-bond donors (Lipinski definition) is 0. The van der Waals surface area contributed by atoms with Crippen LogP contribution in [-0.4, -0.2) is 11.6 Å². The molecule has 2 heteroatoms. The van der Waals surface area contributed by atoms with Gasteiger partial charge in [0.05, 0.1) is 11.8 Å². The van der Waals surface area contributed by atoms with Crippen LogP contribution in [0.2, 0.25) is 0 Å². The molecular weight excluding hydrogens is 200 g/mol. The maximum atomic E-state index is 12.2. The molecule has 1 aromatic carbocycles. The molecule has 0 aromatic heterocycles. The molecule has 16 heavy (non-hydrogen) atoms. The second-order valence-electron chi connectivity index (χ2n) is 4.10. The van der Waals surface area contributed by atoms with Gasteiger partial charge in [-0.05, 0) is 0 Å². The lowest BCUT2D eigenvalue weighted by Crippen LogP contribution is -2.35. The maximum absolute atomic E-state index is 12.2. The zero-order valence-corrected chi connectivity index (χ0v) is 8.59. The smallest absolute Gasteiger partial charge is 0.171 e. The van der Waals surface area contributed by atoms with Crippen molar-refractivity contribution >= 4 is 11.6 Å². The Morgan fingerprint density at radius 1 is 0.750 bits per heavy atom. The van der Waals surface area contributed by atoms with E-state index < -0.39 is 0 Å². The third-order valence-corrected chi connectivity index (χ3v) is 3.20. The molecule has 0 saturated carbocycles. The van der Waals surface area contributed by atoms with Gasteiger partial charge in [-0.2, -0.15) is 0 Å². The Balaban J connectivity index is 2.21. The van der Waals surface area contributed by atoms with Crippen LogP contribution in [0.5, 0.6) is 0 Å². The van der Waals surface area contributed by atoms with E-state index in [1.54, 1.807) is 24.3 Å². The minimum absolute atomic E-state index is 0.0563. The maximum Gasteiger partial charge on any atom is 0.171 e. The van der Waals surface area contributed by atoms with Gasteiger partial charge < -0.3 is 0 Å². The Morgan fingerprint density at radius 2 is 1.19 bits per heavy atom. The number of ketones is 2. The molecule has 3 rings (SSSR count). The summed E-state index contributed by atoms with van der Waals surface area (Å²) < 4.78 is 0. The molecule has 0 N–H and O–H groups in total. The molecular formula is C14H10O2. The summed E-state index contributed by atoms with van der Waals surface area (Å²) in [7, 11) is 0. The first-order chi connectivity index (χ1) is 7.79. The molecule has 2 aliphatic rings. The van der Waals surface area contributed by atoms with Gasteiger partial charge in [0.1, 0.15) is 0 Å². The van der Waals surface area contributed by atoms with Crippen LogP contribution >= 0.6 is 0 Å². The third-order valence-electron chi connectivity index (χ3n) is 3.20. The van der Waals surface area contributed by atoms with E-state index in [4.69, 9.17) is 0 Å². The molecule has 2 atom stereocenters. The van der Waals surface area contributed by atoms with Crippen molar-refractivity contribution in [3.05, 3.63) is 59.7 Å². The molecule has 2 aliphatic carbocycles. The molecule has 2 unspecified atom stereocenters. The molecule has 0 radical (unpaired) electrons. The van der Waals surface area contributed by atoms with Gasteiger partial charge in [-0.1, -0.05) is 48.6 Å². The van der Waals surface area contributed by atoms with E-state index in [-0.39, 0.29) is 23.4 Å². The first-order valence-electron chi connectivity index (χ1n) is 5.31. The fraction of sp³-hybridized carbons (Fsp3) is 0.143. The molecule has 0 bridgehead atoms. The Hall–Kier alpha value is -1.96. The first kappa shape index (κ1) is 9.28. The lowest BCUT2D eigenvalue weighted by atomic mass is 9.72. The zero-order chi connectivity index (χ0) is 11.1. The van der Waals surface area contributed by atoms with Crippen molar-refractivity contribution in [3.63, 3.8) is 0 Å². The fourth-order valence-electron chi connectivity index (χ4n) is 2.38. The Morgan fingerprint density at radius 3 is 1.62 bits per heavy atom. The molecule has 0 heterocycles. The largest absolute Gasteiger partial charge is 0.293 e. The second-order valence-corrected chi connectivity index (χ2v) is 4.10. The number of carbonyl (C=O) groups is 2. The molecule has 1 aromatic rings. The number of rotatable bonds is 0. The molecule has 0 amide bonds. The van der Waals surface area contributed by atoms with Crippen molar-refractivity contribution in [2.75, 3.05) is 0 Å². The van der Waals surface area contributed by atoms with E-state index in [0.29, 0.717) is 11.1 Å². The van der Waals surface area contributed by atoms with Crippen molar-refractivity contribution < 1.29 is 9.59 Å². The van der Waals surface area contributed by atoms with Crippen LogP contribution in [0.1, 0.15) is 20.7 Å². The summed E-state index contributed by atoms with van der Waals surface area (Å²) >= 11 is 0. The predicted molar refractivity (Wildman–Crippen MR) is 60.4 cm³/mol. The van der Waals surface area contributed by atoms with Crippen LogP contribution in [0.4, 0.5) is 0 Å². The number of carbonyl (C=O) groups excluding carboxylic acids is 2. The van der Waals surface area contributed by atoms with E-state index in [1.165, 1.54) is 0 Å². The summed E-state index contributed by atoms with van der Waals surface area (Å²) in [6, 6.07) is 7.06. The summed E-state index contributed by atoms with van der Waals surface area (Å²) in [5.41, 5.74) is 1.13. The van der Waals surface area contributed by atoms with Gasteiger partial charge in [-0.3, -0.25) is 9.59 Å². The molecule has 0 spiro atoms. The van der Waals surface area contributed by atoms with Crippen molar-refractivity contribution in [1.82, 2.24) is 0 Å². The van der Waals surface area contributed by atoms with Crippen LogP contribution in [0.3, 0.4) is 0 Å². The van der Waals surface area contributed by atoms with Crippen molar-refractivity contribution in [3.8, 4) is 0 Å². The van der Waals surface area contributed by atoms with Crippen molar-refractivity contribution in [2.45, 2.75) is 0 Å². The third kappa shape index (κ3) is 1.13. The van der Waals surface area contributed by atoms with Gasteiger partial charge in [0.2, 0.25) is 0 Å². The molecule has 78 valence electrons. The van der Waals surface area contributed by atoms with E-state index in [2.05, 4.69) is 0 Å². The Labute approximate surface area is 93.3 Å². The minimum atomic E-state index is -0.299. The van der Waals surface area contributed by atoms with Gasteiger partial charge in [-0.25, -0.2) is 0 Å². The average molecular weight is 210 g/mol. The van der Waals surface area contributed by atoms with Crippen LogP contribution in [0, 0.1) is 11.8 Å². The summed E-state index contributed by atoms with van der Waals surface area (Å²) in [6.07, 6.45) is 7.31. The second kappa shape index (κ2) is 3.27. The number of fused-ring (bicyclic) bond motifs is 2. The SMILES string of the molecule is O=C1c2ccccc2C(=O)C2C=CC=CC12. The summed E-state index contributed by atoms with van der Waals surface area (Å²) in [4.78, 5) is 24.3.